The van der Waals surface area contributed by atoms with Gasteiger partial charge in [-0.2, -0.15) is 0 Å². The summed E-state index contributed by atoms with van der Waals surface area (Å²) in [5.41, 5.74) is 1.14. The van der Waals surface area contributed by atoms with E-state index in [1.54, 1.807) is 6.20 Å². The van der Waals surface area contributed by atoms with Gasteiger partial charge < -0.3 is 10.1 Å². The van der Waals surface area contributed by atoms with Crippen LogP contribution in [-0.2, 0) is 16.1 Å². The standard InChI is InChI=1S/C17H22N2O2/c1-12(2)8-16(17(20)21-3)19-10-13-4-5-15-11-18-7-6-14(15)9-13/h4-7,9,11-12,16,19H,8,10H2,1-3H3. The number of carbonyl (C=O) groups is 1. The van der Waals surface area contributed by atoms with Crippen LogP contribution in [0.2, 0.25) is 0 Å². The van der Waals surface area contributed by atoms with Crippen LogP contribution in [0.5, 0.6) is 0 Å². The van der Waals surface area contributed by atoms with Gasteiger partial charge in [0.2, 0.25) is 0 Å². The van der Waals surface area contributed by atoms with Gasteiger partial charge in [0.15, 0.2) is 0 Å². The first-order chi connectivity index (χ1) is 10.1. The van der Waals surface area contributed by atoms with Crippen LogP contribution in [0, 0.1) is 5.92 Å². The highest BCUT2D eigenvalue weighted by Gasteiger charge is 2.19. The number of benzene rings is 1. The zero-order valence-corrected chi connectivity index (χ0v) is 12.8. The molecule has 2 rings (SSSR count). The molecule has 1 unspecified atom stereocenters. The molecular formula is C17H22N2O2. The van der Waals surface area contributed by atoms with Crippen molar-refractivity contribution in [3.63, 3.8) is 0 Å². The Morgan fingerprint density at radius 1 is 1.29 bits per heavy atom. The van der Waals surface area contributed by atoms with Crippen LogP contribution >= 0.6 is 0 Å². The second kappa shape index (κ2) is 7.18. The van der Waals surface area contributed by atoms with Crippen LogP contribution < -0.4 is 5.32 Å². The SMILES string of the molecule is COC(=O)C(CC(C)C)NCc1ccc2cnccc2c1. The maximum Gasteiger partial charge on any atom is 0.322 e. The van der Waals surface area contributed by atoms with E-state index in [1.165, 1.54) is 7.11 Å². The maximum atomic E-state index is 11.8. The highest BCUT2D eigenvalue weighted by atomic mass is 16.5. The highest BCUT2D eigenvalue weighted by Crippen LogP contribution is 2.15. The molecule has 1 heterocycles. The van der Waals surface area contributed by atoms with Crippen molar-refractivity contribution in [3.8, 4) is 0 Å². The van der Waals surface area contributed by atoms with Crippen molar-refractivity contribution in [1.82, 2.24) is 10.3 Å². The maximum absolute atomic E-state index is 11.8. The van der Waals surface area contributed by atoms with Crippen LogP contribution in [0.1, 0.15) is 25.8 Å². The number of aromatic nitrogens is 1. The van der Waals surface area contributed by atoms with Crippen LogP contribution in [0.15, 0.2) is 36.7 Å². The predicted molar refractivity (Wildman–Crippen MR) is 83.8 cm³/mol. The fraction of sp³-hybridized carbons (Fsp3) is 0.412. The Morgan fingerprint density at radius 2 is 2.10 bits per heavy atom. The number of hydrogen-bond donors (Lipinski definition) is 1. The topological polar surface area (TPSA) is 51.2 Å². The summed E-state index contributed by atoms with van der Waals surface area (Å²) in [7, 11) is 1.43. The molecular weight excluding hydrogens is 264 g/mol. The molecule has 1 atom stereocenters. The molecule has 4 heteroatoms. The van der Waals surface area contributed by atoms with Crippen molar-refractivity contribution in [1.29, 1.82) is 0 Å². The van der Waals surface area contributed by atoms with E-state index >= 15 is 0 Å². The van der Waals surface area contributed by atoms with E-state index in [9.17, 15) is 4.79 Å². The van der Waals surface area contributed by atoms with Gasteiger partial charge in [0.05, 0.1) is 7.11 Å². The molecule has 0 aliphatic rings. The third-order valence-electron chi connectivity index (χ3n) is 3.45. The Kier molecular flexibility index (Phi) is 5.28. The quantitative estimate of drug-likeness (QED) is 0.830. The van der Waals surface area contributed by atoms with E-state index in [2.05, 4.69) is 42.3 Å². The van der Waals surface area contributed by atoms with Crippen molar-refractivity contribution in [3.05, 3.63) is 42.2 Å². The second-order valence-corrected chi connectivity index (χ2v) is 5.64. The van der Waals surface area contributed by atoms with Crippen molar-refractivity contribution in [2.24, 2.45) is 5.92 Å². The molecule has 4 nitrogen and oxygen atoms in total. The van der Waals surface area contributed by atoms with Gasteiger partial charge in [-0.15, -0.1) is 0 Å². The molecule has 0 amide bonds. The van der Waals surface area contributed by atoms with Crippen LogP contribution in [0.4, 0.5) is 0 Å². The van der Waals surface area contributed by atoms with Gasteiger partial charge in [-0.3, -0.25) is 9.78 Å². The van der Waals surface area contributed by atoms with Gasteiger partial charge in [0, 0.05) is 24.3 Å². The third kappa shape index (κ3) is 4.26. The lowest BCUT2D eigenvalue weighted by Crippen LogP contribution is -2.38. The summed E-state index contributed by atoms with van der Waals surface area (Å²) in [4.78, 5) is 15.9. The fourth-order valence-electron chi connectivity index (χ4n) is 2.36. The smallest absolute Gasteiger partial charge is 0.322 e. The Balaban J connectivity index is 2.06. The highest BCUT2D eigenvalue weighted by molar-refractivity contribution is 5.82. The molecule has 0 fully saturated rings. The molecule has 0 radical (unpaired) electrons. The van der Waals surface area contributed by atoms with E-state index < -0.39 is 0 Å². The van der Waals surface area contributed by atoms with E-state index in [4.69, 9.17) is 4.74 Å². The summed E-state index contributed by atoms with van der Waals surface area (Å²) >= 11 is 0. The lowest BCUT2D eigenvalue weighted by Gasteiger charge is -2.18. The van der Waals surface area contributed by atoms with Gasteiger partial charge in [-0.1, -0.05) is 26.0 Å². The molecule has 0 bridgehead atoms. The number of pyridine rings is 1. The number of nitrogens with one attached hydrogen (secondary N) is 1. The molecule has 0 saturated heterocycles. The van der Waals surface area contributed by atoms with Crippen molar-refractivity contribution < 1.29 is 9.53 Å². The second-order valence-electron chi connectivity index (χ2n) is 5.64. The monoisotopic (exact) mass is 286 g/mol. The van der Waals surface area contributed by atoms with Gasteiger partial charge >= 0.3 is 5.97 Å². The average Bonchev–Trinajstić information content (AvgIpc) is 2.50. The van der Waals surface area contributed by atoms with Gasteiger partial charge in [0.1, 0.15) is 6.04 Å². The molecule has 112 valence electrons. The zero-order chi connectivity index (χ0) is 15.2. The lowest BCUT2D eigenvalue weighted by atomic mass is 10.0. The van der Waals surface area contributed by atoms with E-state index in [1.807, 2.05) is 12.3 Å². The first-order valence-electron chi connectivity index (χ1n) is 7.24. The average molecular weight is 286 g/mol. The molecule has 0 saturated carbocycles. The van der Waals surface area contributed by atoms with Gasteiger partial charge in [0.25, 0.3) is 0 Å². The minimum Gasteiger partial charge on any atom is -0.468 e. The number of carbonyl (C=O) groups excluding carboxylic acids is 1. The summed E-state index contributed by atoms with van der Waals surface area (Å²) in [5, 5.41) is 5.57. The number of rotatable bonds is 6. The predicted octanol–water partition coefficient (Wildman–Crippen LogP) is 2.91. The molecule has 1 aromatic heterocycles. The molecule has 0 spiro atoms. The minimum atomic E-state index is -0.261. The molecule has 1 aromatic carbocycles. The first-order valence-corrected chi connectivity index (χ1v) is 7.24. The van der Waals surface area contributed by atoms with Gasteiger partial charge in [-0.25, -0.2) is 0 Å². The van der Waals surface area contributed by atoms with Gasteiger partial charge in [-0.05, 0) is 35.4 Å². The normalized spacial score (nSPS) is 12.6. The number of hydrogen-bond acceptors (Lipinski definition) is 4. The first kappa shape index (κ1) is 15.4. The van der Waals surface area contributed by atoms with Crippen molar-refractivity contribution in [2.75, 3.05) is 7.11 Å². The Morgan fingerprint density at radius 3 is 2.81 bits per heavy atom. The lowest BCUT2D eigenvalue weighted by molar-refractivity contribution is -0.143. The number of fused-ring (bicyclic) bond motifs is 1. The van der Waals surface area contributed by atoms with Crippen LogP contribution in [0.3, 0.4) is 0 Å². The van der Waals surface area contributed by atoms with E-state index in [-0.39, 0.29) is 12.0 Å². The van der Waals surface area contributed by atoms with Crippen LogP contribution in [0.25, 0.3) is 10.8 Å². The molecule has 1 N–H and O–H groups in total. The third-order valence-corrected chi connectivity index (χ3v) is 3.45. The summed E-state index contributed by atoms with van der Waals surface area (Å²) in [5.74, 6) is 0.234. The summed E-state index contributed by atoms with van der Waals surface area (Å²) in [6, 6.07) is 7.96. The summed E-state index contributed by atoms with van der Waals surface area (Å²) in [6.45, 7) is 4.84. The summed E-state index contributed by atoms with van der Waals surface area (Å²) < 4.78 is 4.86. The number of methoxy groups -OCH3 is 1. The van der Waals surface area contributed by atoms with E-state index in [0.717, 1.165) is 22.8 Å². The number of esters is 1. The Bertz CT molecular complexity index is 611. The molecule has 2 aromatic rings. The van der Waals surface area contributed by atoms with E-state index in [0.29, 0.717) is 12.5 Å². The fourth-order valence-corrected chi connectivity index (χ4v) is 2.36. The zero-order valence-electron chi connectivity index (χ0n) is 12.8. The molecule has 0 aliphatic heterocycles. The number of ether oxygens (including phenoxy) is 1. The Hall–Kier alpha value is -1.94. The van der Waals surface area contributed by atoms with Crippen molar-refractivity contribution >= 4 is 16.7 Å². The van der Waals surface area contributed by atoms with Crippen molar-refractivity contribution in [2.45, 2.75) is 32.9 Å². The largest absolute Gasteiger partial charge is 0.468 e. The van der Waals surface area contributed by atoms with Crippen LogP contribution in [-0.4, -0.2) is 24.1 Å². The molecule has 0 aliphatic carbocycles. The number of nitrogens with zero attached hydrogens (tertiary/aromatic N) is 1. The minimum absolute atomic E-state index is 0.200. The molecule has 21 heavy (non-hydrogen) atoms. The Labute approximate surface area is 125 Å². The summed E-state index contributed by atoms with van der Waals surface area (Å²) in [6.07, 6.45) is 4.41.